The van der Waals surface area contributed by atoms with Crippen LogP contribution in [0.5, 0.6) is 23.0 Å². The summed E-state index contributed by atoms with van der Waals surface area (Å²) in [5, 5.41) is 0. The molecule has 1 heterocycles. The minimum absolute atomic E-state index is 0.0344. The zero-order valence-corrected chi connectivity index (χ0v) is 26.0. The van der Waals surface area contributed by atoms with E-state index >= 15 is 0 Å². The van der Waals surface area contributed by atoms with Crippen LogP contribution in [0.1, 0.15) is 55.9 Å². The second-order valence-electron chi connectivity index (χ2n) is 9.54. The van der Waals surface area contributed by atoms with Gasteiger partial charge in [0.2, 0.25) is 11.3 Å². The lowest BCUT2D eigenvalue weighted by Gasteiger charge is -2.25. The van der Waals surface area contributed by atoms with Crippen molar-refractivity contribution in [2.24, 2.45) is 0 Å². The van der Waals surface area contributed by atoms with Gasteiger partial charge in [-0.1, -0.05) is 68.6 Å². The lowest BCUT2D eigenvalue weighted by Crippen LogP contribution is -2.30. The Kier molecular flexibility index (Phi) is 14.5. The van der Waals surface area contributed by atoms with E-state index in [-0.39, 0.29) is 23.9 Å². The van der Waals surface area contributed by atoms with E-state index in [0.29, 0.717) is 32.1 Å². The minimum atomic E-state index is -4.78. The number of hydrogen-bond acceptors (Lipinski definition) is 9. The van der Waals surface area contributed by atoms with Crippen molar-refractivity contribution in [3.05, 3.63) is 64.6 Å². The van der Waals surface area contributed by atoms with E-state index in [4.69, 9.17) is 28.0 Å². The van der Waals surface area contributed by atoms with Gasteiger partial charge in [0.15, 0.2) is 24.2 Å². The number of ether oxygens (including phenoxy) is 4. The molecule has 11 heteroatoms. The molecule has 41 heavy (non-hydrogen) atoms. The molecule has 3 aromatic rings. The van der Waals surface area contributed by atoms with E-state index in [2.05, 4.69) is 6.92 Å². The first-order valence-electron chi connectivity index (χ1n) is 14.1. The Bertz CT molecular complexity index is 1220. The molecule has 0 aliphatic carbocycles. The normalized spacial score (nSPS) is 12.6. The van der Waals surface area contributed by atoms with Crippen molar-refractivity contribution in [2.45, 2.75) is 58.9 Å². The lowest BCUT2D eigenvalue weighted by molar-refractivity contribution is -0.683. The molecule has 0 amide bonds. The zero-order chi connectivity index (χ0) is 29.3. The molecular weight excluding hydrogens is 565 g/mol. The molecule has 0 fully saturated rings. The Labute approximate surface area is 247 Å². The molecule has 1 atom stereocenters. The van der Waals surface area contributed by atoms with Crippen LogP contribution in [0.25, 0.3) is 0 Å². The van der Waals surface area contributed by atoms with Gasteiger partial charge in [-0.3, -0.25) is 0 Å². The van der Waals surface area contributed by atoms with Gasteiger partial charge < -0.3 is 32.9 Å². The van der Waals surface area contributed by atoms with E-state index in [0.717, 1.165) is 18.6 Å². The van der Waals surface area contributed by atoms with Gasteiger partial charge in [-0.05, 0) is 37.6 Å². The van der Waals surface area contributed by atoms with Crippen molar-refractivity contribution >= 4 is 19.2 Å². The van der Waals surface area contributed by atoms with Gasteiger partial charge in [0.05, 0.1) is 31.8 Å². The summed E-state index contributed by atoms with van der Waals surface area (Å²) in [7, 11) is -3.37. The van der Waals surface area contributed by atoms with Crippen molar-refractivity contribution in [3.8, 4) is 23.0 Å². The fourth-order valence-corrected chi connectivity index (χ4v) is 5.53. The maximum Gasteiger partial charge on any atom is 0.372 e. The van der Waals surface area contributed by atoms with Gasteiger partial charge in [-0.25, -0.2) is 4.57 Å². The summed E-state index contributed by atoms with van der Waals surface area (Å²) in [5.41, 5.74) is 2.90. The summed E-state index contributed by atoms with van der Waals surface area (Å²) in [6.45, 7) is 7.20. The van der Waals surface area contributed by atoms with Crippen molar-refractivity contribution in [2.75, 3.05) is 40.1 Å². The molecule has 0 bridgehead atoms. The van der Waals surface area contributed by atoms with Gasteiger partial charge >= 0.3 is 7.82 Å². The number of phosphoric acid groups is 1. The highest BCUT2D eigenvalue weighted by Crippen LogP contribution is 2.46. The number of methoxy groups -OCH3 is 1. The van der Waals surface area contributed by atoms with Crippen LogP contribution in [0.2, 0.25) is 0 Å². The molecule has 2 aromatic carbocycles. The zero-order valence-electron chi connectivity index (χ0n) is 24.3. The molecular formula is C30H42NO8PS. The number of aryl methyl sites for hydroxylation is 1. The summed E-state index contributed by atoms with van der Waals surface area (Å²) < 4.78 is 47.7. The van der Waals surface area contributed by atoms with Crippen LogP contribution in [-0.4, -0.2) is 40.1 Å². The van der Waals surface area contributed by atoms with Crippen molar-refractivity contribution in [1.29, 1.82) is 0 Å². The number of aromatic nitrogens is 1. The van der Waals surface area contributed by atoms with Crippen molar-refractivity contribution in [3.63, 3.8) is 0 Å². The Morgan fingerprint density at radius 3 is 2.34 bits per heavy atom. The summed E-state index contributed by atoms with van der Waals surface area (Å²) in [6.07, 6.45) is 9.44. The fraction of sp³-hybridized carbons (Fsp3) is 0.500. The molecule has 9 nitrogen and oxygen atoms in total. The van der Waals surface area contributed by atoms with Gasteiger partial charge in [-0.2, -0.15) is 4.57 Å². The topological polar surface area (TPSA) is 99.4 Å². The monoisotopic (exact) mass is 607 g/mol. The Balaban J connectivity index is 1.42. The van der Waals surface area contributed by atoms with Gasteiger partial charge in [0.1, 0.15) is 12.4 Å². The van der Waals surface area contributed by atoms with Crippen molar-refractivity contribution in [1.82, 2.24) is 0 Å². The third-order valence-electron chi connectivity index (χ3n) is 6.06. The average molecular weight is 608 g/mol. The van der Waals surface area contributed by atoms with Crippen LogP contribution in [0.3, 0.4) is 0 Å². The highest BCUT2D eigenvalue weighted by atomic mass is 32.1. The quantitative estimate of drug-likeness (QED) is 0.0814. The van der Waals surface area contributed by atoms with Crippen LogP contribution >= 0.6 is 19.2 Å². The molecule has 0 aliphatic heterocycles. The Hall–Kier alpha value is -2.62. The van der Waals surface area contributed by atoms with Crippen LogP contribution in [-0.2, 0) is 20.6 Å². The smallest absolute Gasteiger partial charge is 0.372 e. The number of rotatable bonds is 21. The second-order valence-corrected chi connectivity index (χ2v) is 11.9. The summed E-state index contributed by atoms with van der Waals surface area (Å²) in [5.74, 6) is 0.603. The summed E-state index contributed by atoms with van der Waals surface area (Å²) >= 11 is 1.64. The average Bonchev–Trinajstić information content (AvgIpc) is 3.35. The van der Waals surface area contributed by atoms with E-state index in [1.807, 2.05) is 29.3 Å². The predicted molar refractivity (Wildman–Crippen MR) is 157 cm³/mol. The van der Waals surface area contributed by atoms with E-state index in [1.165, 1.54) is 50.2 Å². The number of thiazole rings is 1. The van der Waals surface area contributed by atoms with Crippen LogP contribution in [0.15, 0.2) is 54.2 Å². The number of hydrogen-bond donors (Lipinski definition) is 0. The third-order valence-corrected chi connectivity index (χ3v) is 7.77. The molecule has 1 unspecified atom stereocenters. The summed E-state index contributed by atoms with van der Waals surface area (Å²) in [6, 6.07) is 11.6. The van der Waals surface area contributed by atoms with Crippen LogP contribution in [0.4, 0.5) is 0 Å². The van der Waals surface area contributed by atoms with Crippen LogP contribution in [0, 0.1) is 6.92 Å². The highest BCUT2D eigenvalue weighted by molar-refractivity contribution is 7.46. The number of unbranched alkanes of at least 4 members (excludes halogenated alkanes) is 5. The minimum Gasteiger partial charge on any atom is -0.736 e. The molecule has 0 radical (unpaired) electrons. The summed E-state index contributed by atoms with van der Waals surface area (Å²) in [4.78, 5) is 13.9. The highest BCUT2D eigenvalue weighted by Gasteiger charge is 2.20. The molecule has 0 spiro atoms. The fourth-order valence-electron chi connectivity index (χ4n) is 4.11. The van der Waals surface area contributed by atoms with Gasteiger partial charge in [0.25, 0.3) is 0 Å². The SMILES string of the molecule is CCCCCCCCOCCOCCOc1cccc(OP(=O)([O-])Oc2cccc(C[n+]3csc(C)c3)c2)c1OC. The molecule has 226 valence electrons. The number of para-hydroxylation sites is 1. The predicted octanol–water partition coefficient (Wildman–Crippen LogP) is 6.10. The largest absolute Gasteiger partial charge is 0.736 e. The van der Waals surface area contributed by atoms with Crippen LogP contribution < -0.4 is 28.0 Å². The molecule has 0 aliphatic rings. The number of benzene rings is 2. The first-order valence-corrected chi connectivity index (χ1v) is 16.4. The molecule has 0 saturated carbocycles. The Morgan fingerprint density at radius 1 is 0.878 bits per heavy atom. The number of phosphoric ester groups is 1. The van der Waals surface area contributed by atoms with Gasteiger partial charge in [0, 0.05) is 12.2 Å². The number of nitrogens with zero attached hydrogens (tertiary/aromatic N) is 1. The maximum atomic E-state index is 12.8. The first-order chi connectivity index (χ1) is 19.9. The Morgan fingerprint density at radius 2 is 1.59 bits per heavy atom. The van der Waals surface area contributed by atoms with Crippen molar-refractivity contribution < 1.29 is 42.0 Å². The van der Waals surface area contributed by atoms with E-state index in [1.54, 1.807) is 41.7 Å². The molecule has 0 N–H and O–H groups in total. The van der Waals surface area contributed by atoms with Gasteiger partial charge in [-0.15, -0.1) is 0 Å². The first kappa shape index (κ1) is 32.9. The molecule has 0 saturated heterocycles. The van der Waals surface area contributed by atoms with E-state index < -0.39 is 7.82 Å². The molecule has 1 aromatic heterocycles. The third kappa shape index (κ3) is 12.4. The standard InChI is InChI=1S/C30H42NO8PS/c1-4-5-6-7-8-9-16-35-17-18-36-19-20-37-28-14-11-15-29(30(28)34-3)39-40(32,33)38-27-13-10-12-26(21-27)23-31-22-25(2)41-24-31/h10-15,21-22,24H,4-9,16-20,23H2,1-3H3. The van der Waals surface area contributed by atoms with E-state index in [9.17, 15) is 9.46 Å². The maximum absolute atomic E-state index is 12.8. The lowest BCUT2D eigenvalue weighted by atomic mass is 10.1. The second kappa shape index (κ2) is 18.0. The molecule has 3 rings (SSSR count).